The highest BCUT2D eigenvalue weighted by molar-refractivity contribution is 6.37. The van der Waals surface area contributed by atoms with Gasteiger partial charge in [0.1, 0.15) is 19.3 Å². The fraction of sp³-hybridized carbons (Fsp3) is 0.316. The Kier molecular flexibility index (Phi) is 7.67. The van der Waals surface area contributed by atoms with Crippen LogP contribution in [0.3, 0.4) is 0 Å². The van der Waals surface area contributed by atoms with E-state index in [4.69, 9.17) is 33.7 Å². The zero-order valence-corrected chi connectivity index (χ0v) is 14.9. The van der Waals surface area contributed by atoms with Gasteiger partial charge in [-0.25, -0.2) is 0 Å². The van der Waals surface area contributed by atoms with Crippen LogP contribution in [0.25, 0.3) is 0 Å². The van der Waals surface area contributed by atoms with Crippen molar-refractivity contribution in [2.45, 2.75) is 19.8 Å². The van der Waals surface area contributed by atoms with Crippen LogP contribution in [0, 0.1) is 0 Å². The van der Waals surface area contributed by atoms with E-state index >= 15 is 0 Å². The lowest BCUT2D eigenvalue weighted by Gasteiger charge is -2.10. The molecule has 0 bridgehead atoms. The molecule has 0 unspecified atom stereocenters. The van der Waals surface area contributed by atoms with Crippen molar-refractivity contribution in [3.05, 3.63) is 53.1 Å². The first-order valence-electron chi connectivity index (χ1n) is 8.13. The molecule has 0 fully saturated rings. The second-order valence-electron chi connectivity index (χ2n) is 5.36. The molecule has 2 radical (unpaired) electrons. The summed E-state index contributed by atoms with van der Waals surface area (Å²) in [7, 11) is 5.82. The van der Waals surface area contributed by atoms with Crippen molar-refractivity contribution in [1.82, 2.24) is 0 Å². The van der Waals surface area contributed by atoms with Gasteiger partial charge in [0.25, 0.3) is 0 Å². The molecule has 0 atom stereocenters. The van der Waals surface area contributed by atoms with E-state index in [2.05, 4.69) is 0 Å². The second kappa shape index (κ2) is 9.99. The predicted octanol–water partition coefficient (Wildman–Crippen LogP) is 3.09. The van der Waals surface area contributed by atoms with Gasteiger partial charge in [-0.05, 0) is 42.8 Å². The minimum absolute atomic E-state index is 0.227. The number of esters is 1. The lowest BCUT2D eigenvalue weighted by molar-refractivity contribution is -0.142. The molecule has 0 heterocycles. The van der Waals surface area contributed by atoms with Crippen molar-refractivity contribution in [2.24, 2.45) is 0 Å². The van der Waals surface area contributed by atoms with Crippen molar-refractivity contribution >= 4 is 30.9 Å². The quantitative estimate of drug-likeness (QED) is 0.392. The van der Waals surface area contributed by atoms with Gasteiger partial charge < -0.3 is 14.2 Å². The molecule has 0 aromatic heterocycles. The fourth-order valence-electron chi connectivity index (χ4n) is 2.16. The Morgan fingerprint density at radius 1 is 1.08 bits per heavy atom. The van der Waals surface area contributed by atoms with Crippen molar-refractivity contribution in [1.29, 1.82) is 0 Å². The molecule has 0 saturated carbocycles. The first-order chi connectivity index (χ1) is 12.1. The number of hydrogen-bond acceptors (Lipinski definition) is 4. The Bertz CT molecular complexity index is 688. The first kappa shape index (κ1) is 19.2. The van der Waals surface area contributed by atoms with Crippen LogP contribution in [-0.4, -0.2) is 33.6 Å². The minimum atomic E-state index is -0.227. The summed E-state index contributed by atoms with van der Waals surface area (Å²) in [5, 5.41) is 0.583. The standard InChI is InChI=1S/C19H20BClO4/c1-2-23-19(22)12-14-4-7-16(8-5-14)24-10-3-11-25-18-9-6-15(21)13-17(18)20/h4-9,13H,2-3,10-12H2,1H3. The van der Waals surface area contributed by atoms with Crippen LogP contribution < -0.4 is 14.9 Å². The molecule has 0 aliphatic rings. The lowest BCUT2D eigenvalue weighted by Crippen LogP contribution is -2.12. The highest BCUT2D eigenvalue weighted by Crippen LogP contribution is 2.14. The number of carbonyl (C=O) groups excluding carboxylic acids is 1. The van der Waals surface area contributed by atoms with Gasteiger partial charge in [-0.2, -0.15) is 0 Å². The summed E-state index contributed by atoms with van der Waals surface area (Å²) < 4.78 is 16.2. The topological polar surface area (TPSA) is 44.8 Å². The van der Waals surface area contributed by atoms with Crippen LogP contribution in [-0.2, 0) is 16.0 Å². The summed E-state index contributed by atoms with van der Waals surface area (Å²) in [6.45, 7) is 3.20. The van der Waals surface area contributed by atoms with E-state index in [9.17, 15) is 4.79 Å². The van der Waals surface area contributed by atoms with Crippen LogP contribution in [0.1, 0.15) is 18.9 Å². The Hall–Kier alpha value is -2.14. The maximum absolute atomic E-state index is 11.4. The third-order valence-electron chi connectivity index (χ3n) is 3.36. The van der Waals surface area contributed by atoms with Gasteiger partial charge in [0, 0.05) is 11.4 Å². The number of ether oxygens (including phenoxy) is 3. The molecule has 2 rings (SSSR count). The van der Waals surface area contributed by atoms with Gasteiger partial charge in [0.05, 0.1) is 26.2 Å². The summed E-state index contributed by atoms with van der Waals surface area (Å²) in [6, 6.07) is 12.5. The highest BCUT2D eigenvalue weighted by atomic mass is 35.5. The average molecular weight is 359 g/mol. The van der Waals surface area contributed by atoms with Crippen molar-refractivity contribution in [3.8, 4) is 11.5 Å². The van der Waals surface area contributed by atoms with Crippen LogP contribution in [0.15, 0.2) is 42.5 Å². The second-order valence-corrected chi connectivity index (χ2v) is 5.79. The average Bonchev–Trinajstić information content (AvgIpc) is 2.58. The molecule has 6 heteroatoms. The molecule has 4 nitrogen and oxygen atoms in total. The van der Waals surface area contributed by atoms with Crippen LogP contribution in [0.5, 0.6) is 11.5 Å². The molecule has 2 aromatic rings. The normalized spacial score (nSPS) is 10.3. The molecular formula is C19H20BClO4. The fourth-order valence-corrected chi connectivity index (χ4v) is 2.34. The van der Waals surface area contributed by atoms with E-state index in [-0.39, 0.29) is 12.4 Å². The number of hydrogen-bond donors (Lipinski definition) is 0. The molecule has 0 N–H and O–H groups in total. The molecular weight excluding hydrogens is 338 g/mol. The monoisotopic (exact) mass is 358 g/mol. The van der Waals surface area contributed by atoms with Gasteiger partial charge in [0.2, 0.25) is 0 Å². The number of benzene rings is 2. The summed E-state index contributed by atoms with van der Waals surface area (Å²) in [6.07, 6.45) is 0.983. The SMILES string of the molecule is [B]c1cc(Cl)ccc1OCCCOc1ccc(CC(=O)OCC)cc1. The van der Waals surface area contributed by atoms with Crippen LogP contribution in [0.4, 0.5) is 0 Å². The van der Waals surface area contributed by atoms with Gasteiger partial charge in [0.15, 0.2) is 0 Å². The van der Waals surface area contributed by atoms with Crippen LogP contribution >= 0.6 is 11.6 Å². The molecule has 0 aliphatic heterocycles. The minimum Gasteiger partial charge on any atom is -0.494 e. The number of carbonyl (C=O) groups is 1. The number of halogens is 1. The van der Waals surface area contributed by atoms with Crippen LogP contribution in [0.2, 0.25) is 5.02 Å². The van der Waals surface area contributed by atoms with Gasteiger partial charge >= 0.3 is 5.97 Å². The lowest BCUT2D eigenvalue weighted by atomic mass is 9.95. The summed E-state index contributed by atoms with van der Waals surface area (Å²) in [5.41, 5.74) is 1.41. The zero-order valence-electron chi connectivity index (χ0n) is 14.2. The Morgan fingerprint density at radius 3 is 2.48 bits per heavy atom. The van der Waals surface area contributed by atoms with E-state index in [1.165, 1.54) is 0 Å². The zero-order chi connectivity index (χ0) is 18.1. The van der Waals surface area contributed by atoms with E-state index < -0.39 is 0 Å². The van der Waals surface area contributed by atoms with E-state index in [0.717, 1.165) is 11.3 Å². The number of rotatable bonds is 9. The molecule has 130 valence electrons. The summed E-state index contributed by atoms with van der Waals surface area (Å²) >= 11 is 5.84. The summed E-state index contributed by atoms with van der Waals surface area (Å²) in [5.74, 6) is 1.14. The highest BCUT2D eigenvalue weighted by Gasteiger charge is 2.04. The predicted molar refractivity (Wildman–Crippen MR) is 99.2 cm³/mol. The van der Waals surface area contributed by atoms with Crippen molar-refractivity contribution in [3.63, 3.8) is 0 Å². The molecule has 2 aromatic carbocycles. The van der Waals surface area contributed by atoms with Crippen molar-refractivity contribution < 1.29 is 19.0 Å². The molecule has 0 amide bonds. The maximum atomic E-state index is 11.4. The Morgan fingerprint density at radius 2 is 1.80 bits per heavy atom. The van der Waals surface area contributed by atoms with Crippen molar-refractivity contribution in [2.75, 3.05) is 19.8 Å². The molecule has 0 aliphatic carbocycles. The first-order valence-corrected chi connectivity index (χ1v) is 8.51. The Labute approximate surface area is 154 Å². The Balaban J connectivity index is 1.68. The summed E-state index contributed by atoms with van der Waals surface area (Å²) in [4.78, 5) is 11.4. The van der Waals surface area contributed by atoms with Gasteiger partial charge in [-0.15, -0.1) is 0 Å². The molecule has 25 heavy (non-hydrogen) atoms. The molecule has 0 spiro atoms. The van der Waals surface area contributed by atoms with E-state index in [0.29, 0.717) is 42.5 Å². The third-order valence-corrected chi connectivity index (χ3v) is 3.60. The van der Waals surface area contributed by atoms with Gasteiger partial charge in [-0.3, -0.25) is 4.79 Å². The van der Waals surface area contributed by atoms with Gasteiger partial charge in [-0.1, -0.05) is 29.2 Å². The smallest absolute Gasteiger partial charge is 0.310 e. The largest absolute Gasteiger partial charge is 0.494 e. The molecule has 0 saturated heterocycles. The van der Waals surface area contributed by atoms with E-state index in [1.54, 1.807) is 25.1 Å². The third kappa shape index (κ3) is 6.71. The maximum Gasteiger partial charge on any atom is 0.310 e. The van der Waals surface area contributed by atoms with E-state index in [1.807, 2.05) is 24.3 Å².